The Morgan fingerprint density at radius 2 is 2.15 bits per heavy atom. The Morgan fingerprint density at radius 1 is 1.38 bits per heavy atom. The van der Waals surface area contributed by atoms with Crippen molar-refractivity contribution < 1.29 is 22.4 Å². The van der Waals surface area contributed by atoms with Crippen LogP contribution in [-0.4, -0.2) is 52.6 Å². The van der Waals surface area contributed by atoms with Crippen LogP contribution in [0.3, 0.4) is 0 Å². The topological polar surface area (TPSA) is 75.7 Å². The van der Waals surface area contributed by atoms with Crippen molar-refractivity contribution in [2.24, 2.45) is 0 Å². The number of likely N-dealkylation sites (N-methyl/N-ethyl adjacent to an activating group) is 1. The van der Waals surface area contributed by atoms with Gasteiger partial charge in [-0.05, 0) is 32.3 Å². The number of rotatable bonds is 5. The smallest absolute Gasteiger partial charge is 0.433 e. The van der Waals surface area contributed by atoms with E-state index in [9.17, 15) is 18.0 Å². The molecule has 138 valence electrons. The zero-order valence-electron chi connectivity index (χ0n) is 14.0. The molecule has 0 aromatic carbocycles. The van der Waals surface area contributed by atoms with Crippen LogP contribution >= 0.6 is 0 Å². The Kier molecular flexibility index (Phi) is 4.68. The highest BCUT2D eigenvalue weighted by Crippen LogP contribution is 2.32. The maximum Gasteiger partial charge on any atom is 0.433 e. The van der Waals surface area contributed by atoms with Gasteiger partial charge in [0.05, 0.1) is 12.5 Å². The summed E-state index contributed by atoms with van der Waals surface area (Å²) in [7, 11) is 3.68. The van der Waals surface area contributed by atoms with E-state index in [1.807, 2.05) is 19.0 Å². The molecule has 0 saturated carbocycles. The van der Waals surface area contributed by atoms with Crippen molar-refractivity contribution in [3.63, 3.8) is 0 Å². The van der Waals surface area contributed by atoms with Crippen LogP contribution in [0.1, 0.15) is 16.1 Å². The van der Waals surface area contributed by atoms with Crippen molar-refractivity contribution in [1.82, 2.24) is 24.8 Å². The van der Waals surface area contributed by atoms with Gasteiger partial charge in [0.25, 0.3) is 5.91 Å². The molecule has 3 aromatic heterocycles. The first-order valence-electron chi connectivity index (χ1n) is 7.70. The summed E-state index contributed by atoms with van der Waals surface area (Å²) in [5.41, 5.74) is -1.30. The molecule has 3 heterocycles. The summed E-state index contributed by atoms with van der Waals surface area (Å²) in [6.45, 7) is 0.928. The van der Waals surface area contributed by atoms with Crippen LogP contribution in [-0.2, 0) is 6.18 Å². The molecule has 0 saturated heterocycles. The van der Waals surface area contributed by atoms with Crippen LogP contribution in [0.5, 0.6) is 0 Å². The van der Waals surface area contributed by atoms with Gasteiger partial charge in [-0.2, -0.15) is 18.3 Å². The van der Waals surface area contributed by atoms with Gasteiger partial charge in [0.1, 0.15) is 11.3 Å². The molecule has 1 amide bonds. The van der Waals surface area contributed by atoms with Crippen molar-refractivity contribution in [1.29, 1.82) is 0 Å². The molecule has 0 atom stereocenters. The Morgan fingerprint density at radius 3 is 2.77 bits per heavy atom. The standard InChI is InChI=1S/C16H16F3N5O2/c1-23(2)6-5-20-15(25)10-9-21-24-13(16(17,18)19)8-11(22-14(10)24)12-4-3-7-26-12/h3-4,7-9H,5-6H2,1-2H3,(H,20,25). The van der Waals surface area contributed by atoms with Crippen LogP contribution in [0.4, 0.5) is 13.2 Å². The molecule has 0 spiro atoms. The third-order valence-corrected chi connectivity index (χ3v) is 3.63. The van der Waals surface area contributed by atoms with E-state index < -0.39 is 17.8 Å². The van der Waals surface area contributed by atoms with Crippen LogP contribution < -0.4 is 5.32 Å². The monoisotopic (exact) mass is 367 g/mol. The Balaban J connectivity index is 2.06. The first-order valence-corrected chi connectivity index (χ1v) is 7.70. The van der Waals surface area contributed by atoms with E-state index >= 15 is 0 Å². The predicted molar refractivity (Wildman–Crippen MR) is 86.6 cm³/mol. The third-order valence-electron chi connectivity index (χ3n) is 3.63. The minimum Gasteiger partial charge on any atom is -0.463 e. The molecular weight excluding hydrogens is 351 g/mol. The molecule has 7 nitrogen and oxygen atoms in total. The fourth-order valence-corrected chi connectivity index (χ4v) is 2.36. The minimum absolute atomic E-state index is 0.0299. The highest BCUT2D eigenvalue weighted by Gasteiger charge is 2.36. The third kappa shape index (κ3) is 3.54. The van der Waals surface area contributed by atoms with E-state index in [0.717, 1.165) is 12.3 Å². The van der Waals surface area contributed by atoms with Gasteiger partial charge in [-0.1, -0.05) is 0 Å². The van der Waals surface area contributed by atoms with Crippen molar-refractivity contribution in [3.05, 3.63) is 41.9 Å². The number of amides is 1. The van der Waals surface area contributed by atoms with Gasteiger partial charge in [-0.25, -0.2) is 9.50 Å². The largest absolute Gasteiger partial charge is 0.463 e. The number of carbonyl (C=O) groups is 1. The molecule has 1 N–H and O–H groups in total. The summed E-state index contributed by atoms with van der Waals surface area (Å²) in [5.74, 6) is -0.378. The van der Waals surface area contributed by atoms with Gasteiger partial charge >= 0.3 is 6.18 Å². The molecule has 0 aliphatic carbocycles. The molecule has 0 bridgehead atoms. The average Bonchev–Trinajstić information content (AvgIpc) is 3.22. The molecule has 0 radical (unpaired) electrons. The summed E-state index contributed by atoms with van der Waals surface area (Å²) < 4.78 is 46.0. The molecule has 0 aliphatic heterocycles. The van der Waals surface area contributed by atoms with Gasteiger partial charge in [0.2, 0.25) is 0 Å². The first-order chi connectivity index (χ1) is 12.3. The normalized spacial score (nSPS) is 12.1. The first kappa shape index (κ1) is 17.9. The number of fused-ring (bicyclic) bond motifs is 1. The maximum atomic E-state index is 13.4. The molecule has 3 rings (SSSR count). The van der Waals surface area contributed by atoms with E-state index in [1.165, 1.54) is 12.3 Å². The molecular formula is C16H16F3N5O2. The Hall–Kier alpha value is -2.88. The van der Waals surface area contributed by atoms with Crippen LogP contribution in [0.2, 0.25) is 0 Å². The van der Waals surface area contributed by atoms with Crippen LogP contribution in [0, 0.1) is 0 Å². The van der Waals surface area contributed by atoms with Gasteiger partial charge in [0.15, 0.2) is 17.1 Å². The molecule has 10 heteroatoms. The van der Waals surface area contributed by atoms with E-state index in [2.05, 4.69) is 15.4 Å². The van der Waals surface area contributed by atoms with E-state index in [-0.39, 0.29) is 22.7 Å². The summed E-state index contributed by atoms with van der Waals surface area (Å²) in [5, 5.41) is 6.35. The fraction of sp³-hybridized carbons (Fsp3) is 0.312. The number of carbonyl (C=O) groups excluding carboxylic acids is 1. The van der Waals surface area contributed by atoms with Gasteiger partial charge in [-0.3, -0.25) is 4.79 Å². The number of hydrogen-bond donors (Lipinski definition) is 1. The number of aromatic nitrogens is 3. The minimum atomic E-state index is -4.67. The fourth-order valence-electron chi connectivity index (χ4n) is 2.36. The molecule has 26 heavy (non-hydrogen) atoms. The lowest BCUT2D eigenvalue weighted by atomic mass is 10.2. The maximum absolute atomic E-state index is 13.4. The summed E-state index contributed by atoms with van der Waals surface area (Å²) in [4.78, 5) is 18.4. The molecule has 3 aromatic rings. The van der Waals surface area contributed by atoms with E-state index in [1.54, 1.807) is 6.07 Å². The second kappa shape index (κ2) is 6.79. The predicted octanol–water partition coefficient (Wildman–Crippen LogP) is 2.30. The highest BCUT2D eigenvalue weighted by molar-refractivity contribution is 5.99. The molecule has 0 fully saturated rings. The summed E-state index contributed by atoms with van der Waals surface area (Å²) in [6.07, 6.45) is -2.26. The number of furan rings is 1. The van der Waals surface area contributed by atoms with Crippen molar-refractivity contribution >= 4 is 11.6 Å². The number of nitrogens with zero attached hydrogens (tertiary/aromatic N) is 4. The zero-order chi connectivity index (χ0) is 18.9. The van der Waals surface area contributed by atoms with E-state index in [0.29, 0.717) is 17.6 Å². The quantitative estimate of drug-likeness (QED) is 0.749. The highest BCUT2D eigenvalue weighted by atomic mass is 19.4. The Labute approximate surface area is 146 Å². The van der Waals surface area contributed by atoms with Gasteiger partial charge in [-0.15, -0.1) is 0 Å². The van der Waals surface area contributed by atoms with Crippen LogP contribution in [0.25, 0.3) is 17.1 Å². The lowest BCUT2D eigenvalue weighted by molar-refractivity contribution is -0.142. The number of hydrogen-bond acceptors (Lipinski definition) is 5. The SMILES string of the molecule is CN(C)CCNC(=O)c1cnn2c(C(F)(F)F)cc(-c3ccco3)nc12. The summed E-state index contributed by atoms with van der Waals surface area (Å²) in [6, 6.07) is 3.87. The van der Waals surface area contributed by atoms with Gasteiger partial charge < -0.3 is 14.6 Å². The number of alkyl halides is 3. The number of halogens is 3. The van der Waals surface area contributed by atoms with Crippen molar-refractivity contribution in [2.45, 2.75) is 6.18 Å². The summed E-state index contributed by atoms with van der Waals surface area (Å²) >= 11 is 0. The van der Waals surface area contributed by atoms with Crippen LogP contribution in [0.15, 0.2) is 35.1 Å². The van der Waals surface area contributed by atoms with Crippen molar-refractivity contribution in [3.8, 4) is 11.5 Å². The second-order valence-corrected chi connectivity index (χ2v) is 5.85. The Bertz CT molecular complexity index is 916. The molecule has 0 aliphatic rings. The second-order valence-electron chi connectivity index (χ2n) is 5.85. The number of nitrogens with one attached hydrogen (secondary N) is 1. The molecule has 0 unspecified atom stereocenters. The van der Waals surface area contributed by atoms with E-state index in [4.69, 9.17) is 4.42 Å². The lowest BCUT2D eigenvalue weighted by Gasteiger charge is -2.11. The lowest BCUT2D eigenvalue weighted by Crippen LogP contribution is -2.31. The van der Waals surface area contributed by atoms with Crippen molar-refractivity contribution in [2.75, 3.05) is 27.2 Å². The van der Waals surface area contributed by atoms with Gasteiger partial charge in [0, 0.05) is 13.1 Å². The average molecular weight is 367 g/mol. The zero-order valence-corrected chi connectivity index (χ0v) is 14.0.